The van der Waals surface area contributed by atoms with Crippen LogP contribution < -0.4 is 20.9 Å². The van der Waals surface area contributed by atoms with Crippen molar-refractivity contribution in [2.75, 3.05) is 10.7 Å². The summed E-state index contributed by atoms with van der Waals surface area (Å²) >= 11 is 5.72. The van der Waals surface area contributed by atoms with Gasteiger partial charge in [-0.05, 0) is 48.5 Å². The van der Waals surface area contributed by atoms with Crippen molar-refractivity contribution in [2.45, 2.75) is 6.36 Å². The van der Waals surface area contributed by atoms with Crippen LogP contribution in [0.15, 0.2) is 48.5 Å². The highest BCUT2D eigenvalue weighted by molar-refractivity contribution is 6.30. The van der Waals surface area contributed by atoms with E-state index in [1.807, 2.05) is 0 Å². The highest BCUT2D eigenvalue weighted by Gasteiger charge is 2.30. The van der Waals surface area contributed by atoms with Gasteiger partial charge in [-0.15, -0.1) is 13.2 Å². The van der Waals surface area contributed by atoms with Gasteiger partial charge in [0.15, 0.2) is 0 Å². The first-order chi connectivity index (χ1) is 10.8. The molecule has 0 aliphatic rings. The van der Waals surface area contributed by atoms with E-state index >= 15 is 0 Å². The number of hydrogen-bond acceptors (Lipinski definition) is 3. The monoisotopic (exact) mass is 345 g/mol. The van der Waals surface area contributed by atoms with Crippen molar-refractivity contribution in [3.8, 4) is 5.75 Å². The van der Waals surface area contributed by atoms with E-state index in [1.54, 1.807) is 24.3 Å². The van der Waals surface area contributed by atoms with Crippen molar-refractivity contribution in [2.24, 2.45) is 0 Å². The van der Waals surface area contributed by atoms with E-state index in [1.165, 1.54) is 12.1 Å². The number of hydrogen-bond donors (Lipinski definition) is 3. The van der Waals surface area contributed by atoms with Crippen LogP contribution in [-0.2, 0) is 0 Å². The molecule has 2 amide bonds. The molecule has 0 atom stereocenters. The Labute approximate surface area is 134 Å². The van der Waals surface area contributed by atoms with Crippen molar-refractivity contribution in [1.82, 2.24) is 5.43 Å². The predicted octanol–water partition coefficient (Wildman–Crippen LogP) is 4.39. The van der Waals surface area contributed by atoms with E-state index in [0.717, 1.165) is 12.1 Å². The van der Waals surface area contributed by atoms with Crippen LogP contribution in [0, 0.1) is 0 Å². The smallest absolute Gasteiger partial charge is 0.406 e. The lowest BCUT2D eigenvalue weighted by Gasteiger charge is -2.11. The van der Waals surface area contributed by atoms with Gasteiger partial charge in [0.2, 0.25) is 0 Å². The molecule has 0 heterocycles. The minimum atomic E-state index is -4.74. The van der Waals surface area contributed by atoms with Crippen LogP contribution in [0.2, 0.25) is 5.02 Å². The molecule has 0 aliphatic heterocycles. The number of rotatable bonds is 4. The molecule has 0 saturated carbocycles. The zero-order valence-electron chi connectivity index (χ0n) is 11.4. The van der Waals surface area contributed by atoms with Crippen LogP contribution in [0.1, 0.15) is 0 Å². The number of hydrazine groups is 1. The third-order valence-corrected chi connectivity index (χ3v) is 2.76. The number of halogens is 4. The number of carbonyl (C=O) groups excluding carboxylic acids is 1. The van der Waals surface area contributed by atoms with Gasteiger partial charge in [-0.1, -0.05) is 11.6 Å². The lowest BCUT2D eigenvalue weighted by molar-refractivity contribution is -0.274. The van der Waals surface area contributed by atoms with E-state index in [4.69, 9.17) is 11.6 Å². The molecule has 0 saturated heterocycles. The molecule has 9 heteroatoms. The Morgan fingerprint density at radius 3 is 2.09 bits per heavy atom. The quantitative estimate of drug-likeness (QED) is 0.720. The fraction of sp³-hybridized carbons (Fsp3) is 0.0714. The molecule has 0 aromatic heterocycles. The maximum absolute atomic E-state index is 12.0. The standard InChI is InChI=1S/C14H11ClF3N3O2/c15-9-1-3-10(4-2-9)19-13(22)21-20-11-5-7-12(8-6-11)23-14(16,17)18/h1-8,20H,(H2,19,21,22). The Morgan fingerprint density at radius 2 is 1.52 bits per heavy atom. The number of benzene rings is 2. The summed E-state index contributed by atoms with van der Waals surface area (Å²) in [7, 11) is 0. The van der Waals surface area contributed by atoms with E-state index in [9.17, 15) is 18.0 Å². The summed E-state index contributed by atoms with van der Waals surface area (Å²) in [5, 5.41) is 3.07. The molecule has 0 spiro atoms. The van der Waals surface area contributed by atoms with Crippen molar-refractivity contribution < 1.29 is 22.7 Å². The Hall–Kier alpha value is -2.61. The fourth-order valence-corrected chi connectivity index (χ4v) is 1.69. The minimum absolute atomic E-state index is 0.353. The Kier molecular flexibility index (Phi) is 5.17. The van der Waals surface area contributed by atoms with E-state index in [2.05, 4.69) is 20.9 Å². The van der Waals surface area contributed by atoms with Gasteiger partial charge in [-0.3, -0.25) is 10.9 Å². The zero-order valence-corrected chi connectivity index (χ0v) is 12.2. The van der Waals surface area contributed by atoms with Gasteiger partial charge in [0.25, 0.3) is 0 Å². The molecular weight excluding hydrogens is 335 g/mol. The highest BCUT2D eigenvalue weighted by atomic mass is 35.5. The molecule has 0 radical (unpaired) electrons. The van der Waals surface area contributed by atoms with Crippen LogP contribution >= 0.6 is 11.6 Å². The first-order valence-corrected chi connectivity index (χ1v) is 6.64. The molecule has 2 aromatic rings. The number of alkyl halides is 3. The summed E-state index contributed by atoms with van der Waals surface area (Å²) in [6.45, 7) is 0. The van der Waals surface area contributed by atoms with Crippen LogP contribution in [-0.4, -0.2) is 12.4 Å². The minimum Gasteiger partial charge on any atom is -0.406 e. The summed E-state index contributed by atoms with van der Waals surface area (Å²) < 4.78 is 39.8. The topological polar surface area (TPSA) is 62.4 Å². The molecule has 0 fully saturated rings. The van der Waals surface area contributed by atoms with Gasteiger partial charge in [0.1, 0.15) is 5.75 Å². The van der Waals surface area contributed by atoms with Crippen LogP contribution in [0.3, 0.4) is 0 Å². The second-order valence-corrected chi connectivity index (χ2v) is 4.72. The SMILES string of the molecule is O=C(NNc1ccc(OC(F)(F)F)cc1)Nc1ccc(Cl)cc1. The number of urea groups is 1. The number of ether oxygens (including phenoxy) is 1. The normalized spacial score (nSPS) is 10.8. The molecule has 3 N–H and O–H groups in total. The molecule has 0 bridgehead atoms. The second kappa shape index (κ2) is 7.10. The maximum atomic E-state index is 12.0. The Morgan fingerprint density at radius 1 is 0.957 bits per heavy atom. The summed E-state index contributed by atoms with van der Waals surface area (Å²) in [5.41, 5.74) is 5.79. The molecule has 0 unspecified atom stereocenters. The third kappa shape index (κ3) is 5.95. The van der Waals surface area contributed by atoms with Gasteiger partial charge >= 0.3 is 12.4 Å². The molecule has 2 aromatic carbocycles. The van der Waals surface area contributed by atoms with Gasteiger partial charge in [-0.25, -0.2) is 4.79 Å². The predicted molar refractivity (Wildman–Crippen MR) is 80.4 cm³/mol. The van der Waals surface area contributed by atoms with E-state index in [-0.39, 0.29) is 5.75 Å². The summed E-state index contributed by atoms with van der Waals surface area (Å²) in [4.78, 5) is 11.6. The van der Waals surface area contributed by atoms with E-state index < -0.39 is 12.4 Å². The molecule has 23 heavy (non-hydrogen) atoms. The molecule has 0 aliphatic carbocycles. The fourth-order valence-electron chi connectivity index (χ4n) is 1.56. The molecular formula is C14H11ClF3N3O2. The van der Waals surface area contributed by atoms with Crippen molar-refractivity contribution in [3.05, 3.63) is 53.6 Å². The average molecular weight is 346 g/mol. The number of anilines is 2. The number of carbonyl (C=O) groups is 1. The van der Waals surface area contributed by atoms with Gasteiger partial charge < -0.3 is 10.1 Å². The Balaban J connectivity index is 1.83. The van der Waals surface area contributed by atoms with Gasteiger partial charge in [-0.2, -0.15) is 0 Å². The van der Waals surface area contributed by atoms with Crippen molar-refractivity contribution in [3.63, 3.8) is 0 Å². The first kappa shape index (κ1) is 16.8. The van der Waals surface area contributed by atoms with Gasteiger partial charge in [0.05, 0.1) is 5.69 Å². The molecule has 5 nitrogen and oxygen atoms in total. The summed E-state index contributed by atoms with van der Waals surface area (Å²) in [6, 6.07) is 10.8. The Bertz CT molecular complexity index is 660. The molecule has 2 rings (SSSR count). The highest BCUT2D eigenvalue weighted by Crippen LogP contribution is 2.23. The third-order valence-electron chi connectivity index (χ3n) is 2.51. The van der Waals surface area contributed by atoms with Crippen molar-refractivity contribution >= 4 is 29.0 Å². The number of amides is 2. The lowest BCUT2D eigenvalue weighted by atomic mass is 10.3. The van der Waals surface area contributed by atoms with E-state index in [0.29, 0.717) is 16.4 Å². The van der Waals surface area contributed by atoms with Gasteiger partial charge in [0, 0.05) is 10.7 Å². The largest absolute Gasteiger partial charge is 0.573 e. The van der Waals surface area contributed by atoms with Crippen LogP contribution in [0.5, 0.6) is 5.75 Å². The van der Waals surface area contributed by atoms with Crippen molar-refractivity contribution in [1.29, 1.82) is 0 Å². The number of nitrogens with one attached hydrogen (secondary N) is 3. The summed E-state index contributed by atoms with van der Waals surface area (Å²) in [6.07, 6.45) is -4.74. The van der Waals surface area contributed by atoms with Crippen LogP contribution in [0.25, 0.3) is 0 Å². The summed E-state index contributed by atoms with van der Waals surface area (Å²) in [5.74, 6) is -0.353. The maximum Gasteiger partial charge on any atom is 0.573 e. The zero-order chi connectivity index (χ0) is 16.9. The average Bonchev–Trinajstić information content (AvgIpc) is 2.47. The molecule has 122 valence electrons. The first-order valence-electron chi connectivity index (χ1n) is 6.26. The van der Waals surface area contributed by atoms with Crippen LogP contribution in [0.4, 0.5) is 29.3 Å². The lowest BCUT2D eigenvalue weighted by Crippen LogP contribution is -2.33. The second-order valence-electron chi connectivity index (χ2n) is 4.28.